The van der Waals surface area contributed by atoms with E-state index in [2.05, 4.69) is 30.6 Å². The number of aliphatic imine (C=N–C) groups is 1. The van der Waals surface area contributed by atoms with Gasteiger partial charge in [0, 0.05) is 66.1 Å². The summed E-state index contributed by atoms with van der Waals surface area (Å²) in [5, 5.41) is 7.79. The van der Waals surface area contributed by atoms with E-state index in [1.165, 1.54) is 0 Å². The molecule has 0 bridgehead atoms. The molecule has 0 saturated carbocycles. The minimum absolute atomic E-state index is 0.298. The molecule has 4 aromatic heterocycles. The van der Waals surface area contributed by atoms with Crippen LogP contribution < -0.4 is 16.4 Å². The molecule has 0 aromatic carbocycles. The molecular formula is C27H28ClFN8. The first-order chi connectivity index (χ1) is 18.1. The normalized spacial score (nSPS) is 15.0. The van der Waals surface area contributed by atoms with Crippen molar-refractivity contribution < 1.29 is 4.39 Å². The number of nitrogens with zero attached hydrogens (tertiary/aromatic N) is 4. The van der Waals surface area contributed by atoms with Crippen molar-refractivity contribution in [2.24, 2.45) is 10.7 Å². The highest BCUT2D eigenvalue weighted by atomic mass is 35.5. The summed E-state index contributed by atoms with van der Waals surface area (Å²) < 4.78 is 14.9. The van der Waals surface area contributed by atoms with Gasteiger partial charge in [-0.15, -0.1) is 0 Å². The maximum atomic E-state index is 14.9. The zero-order valence-electron chi connectivity index (χ0n) is 20.2. The van der Waals surface area contributed by atoms with Crippen molar-refractivity contribution in [2.45, 2.75) is 31.8 Å². The van der Waals surface area contributed by atoms with Gasteiger partial charge in [-0.1, -0.05) is 23.7 Å². The van der Waals surface area contributed by atoms with Crippen molar-refractivity contribution in [3.8, 4) is 0 Å². The molecule has 0 atom stereocenters. The molecule has 4 aromatic rings. The second-order valence-electron chi connectivity index (χ2n) is 8.98. The second kappa shape index (κ2) is 11.5. The smallest absolute Gasteiger partial charge is 0.218 e. The summed E-state index contributed by atoms with van der Waals surface area (Å²) in [6.45, 7) is 2.42. The Morgan fingerprint density at radius 1 is 1.16 bits per heavy atom. The summed E-state index contributed by atoms with van der Waals surface area (Å²) in [4.78, 5) is 20.6. The first kappa shape index (κ1) is 24.9. The molecule has 8 nitrogen and oxygen atoms in total. The van der Waals surface area contributed by atoms with Gasteiger partial charge in [0.05, 0.1) is 6.04 Å². The molecule has 37 heavy (non-hydrogen) atoms. The van der Waals surface area contributed by atoms with Crippen LogP contribution in [0.4, 0.5) is 10.2 Å². The van der Waals surface area contributed by atoms with E-state index >= 15 is 0 Å². The van der Waals surface area contributed by atoms with Crippen LogP contribution in [-0.4, -0.2) is 45.3 Å². The van der Waals surface area contributed by atoms with Gasteiger partial charge in [0.1, 0.15) is 16.6 Å². The molecule has 1 saturated heterocycles. The van der Waals surface area contributed by atoms with E-state index in [-0.39, 0.29) is 0 Å². The number of nitrogens with one attached hydrogen (secondary N) is 3. The lowest BCUT2D eigenvalue weighted by Crippen LogP contribution is -2.29. The average molecular weight is 519 g/mol. The number of halogens is 2. The summed E-state index contributed by atoms with van der Waals surface area (Å²) in [5.41, 5.74) is 10.7. The number of anilines is 1. The Hall–Kier alpha value is -3.82. The third-order valence-corrected chi connectivity index (χ3v) is 6.66. The standard InChI is InChI=1S/C27H28ClFN8/c28-24-3-1-17(12-33-24)13-34-25-4-2-18(26(29)37-25)9-20-15-36-27-23(20)10-19(14-35-27)21(11-30)16-32-22-5-7-31-8-6-22/h1-4,10-12,14-16,22,31H,5-9,13,30H2,(H,34,37)(H,35,36). The lowest BCUT2D eigenvalue weighted by molar-refractivity contribution is 0.461. The van der Waals surface area contributed by atoms with Crippen LogP contribution >= 0.6 is 11.6 Å². The largest absolute Gasteiger partial charge is 0.404 e. The van der Waals surface area contributed by atoms with Gasteiger partial charge in [-0.2, -0.15) is 4.39 Å². The van der Waals surface area contributed by atoms with Crippen LogP contribution in [0.15, 0.2) is 60.1 Å². The highest BCUT2D eigenvalue weighted by Gasteiger charge is 2.14. The van der Waals surface area contributed by atoms with Crippen LogP contribution in [0.1, 0.15) is 35.1 Å². The maximum Gasteiger partial charge on any atom is 0.218 e. The van der Waals surface area contributed by atoms with Crippen LogP contribution in [0.3, 0.4) is 0 Å². The number of pyridine rings is 3. The quantitative estimate of drug-likeness (QED) is 0.202. The Morgan fingerprint density at radius 3 is 2.78 bits per heavy atom. The monoisotopic (exact) mass is 518 g/mol. The number of hydrogen-bond donors (Lipinski definition) is 4. The number of aromatic nitrogens is 4. The number of nitrogens with two attached hydrogens (primary N) is 1. The molecule has 5 rings (SSSR count). The van der Waals surface area contributed by atoms with Crippen molar-refractivity contribution in [3.05, 3.63) is 88.5 Å². The minimum atomic E-state index is -0.519. The third-order valence-electron chi connectivity index (χ3n) is 6.43. The lowest BCUT2D eigenvalue weighted by Gasteiger charge is -2.18. The number of rotatable bonds is 8. The fourth-order valence-corrected chi connectivity index (χ4v) is 4.43. The number of hydrogen-bond acceptors (Lipinski definition) is 7. The molecule has 1 aliphatic rings. The van der Waals surface area contributed by atoms with Crippen molar-refractivity contribution in [2.75, 3.05) is 18.4 Å². The SMILES string of the molecule is NC=C(C=NC1CCNCC1)c1cnc2[nH]cc(Cc3ccc(NCc4ccc(Cl)nc4)nc3F)c2c1. The van der Waals surface area contributed by atoms with Gasteiger partial charge >= 0.3 is 0 Å². The zero-order chi connectivity index (χ0) is 25.6. The topological polar surface area (TPSA) is 117 Å². The van der Waals surface area contributed by atoms with Gasteiger partial charge in [0.25, 0.3) is 0 Å². The van der Waals surface area contributed by atoms with E-state index in [1.807, 2.05) is 24.5 Å². The van der Waals surface area contributed by atoms with Crippen LogP contribution in [-0.2, 0) is 13.0 Å². The Morgan fingerprint density at radius 2 is 2.03 bits per heavy atom. The van der Waals surface area contributed by atoms with E-state index in [1.54, 1.807) is 36.8 Å². The summed E-state index contributed by atoms with van der Waals surface area (Å²) >= 11 is 5.82. The molecule has 5 heterocycles. The third kappa shape index (κ3) is 6.12. The highest BCUT2D eigenvalue weighted by Crippen LogP contribution is 2.25. The zero-order valence-corrected chi connectivity index (χ0v) is 21.0. The van der Waals surface area contributed by atoms with Crippen LogP contribution in [0.2, 0.25) is 5.15 Å². The van der Waals surface area contributed by atoms with Gasteiger partial charge in [0.15, 0.2) is 0 Å². The van der Waals surface area contributed by atoms with Gasteiger partial charge in [-0.3, -0.25) is 4.99 Å². The number of H-pyrrole nitrogens is 1. The van der Waals surface area contributed by atoms with Crippen molar-refractivity contribution in [1.82, 2.24) is 25.3 Å². The predicted octanol–water partition coefficient (Wildman–Crippen LogP) is 4.47. The van der Waals surface area contributed by atoms with Gasteiger partial charge < -0.3 is 21.4 Å². The number of piperidine rings is 1. The molecule has 10 heteroatoms. The van der Waals surface area contributed by atoms with Gasteiger partial charge in [-0.25, -0.2) is 15.0 Å². The Bertz CT molecular complexity index is 1420. The number of allylic oxidation sites excluding steroid dienone is 1. The fourth-order valence-electron chi connectivity index (χ4n) is 4.32. The predicted molar refractivity (Wildman–Crippen MR) is 146 cm³/mol. The van der Waals surface area contributed by atoms with Crippen LogP contribution in [0, 0.1) is 5.95 Å². The Labute approximate surface area is 219 Å². The highest BCUT2D eigenvalue weighted by molar-refractivity contribution is 6.29. The Balaban J connectivity index is 1.30. The minimum Gasteiger partial charge on any atom is -0.404 e. The molecule has 0 amide bonds. The molecule has 190 valence electrons. The van der Waals surface area contributed by atoms with E-state index < -0.39 is 5.95 Å². The fraction of sp³-hybridized carbons (Fsp3) is 0.259. The van der Waals surface area contributed by atoms with Crippen LogP contribution in [0.5, 0.6) is 0 Å². The van der Waals surface area contributed by atoms with Crippen molar-refractivity contribution in [1.29, 1.82) is 0 Å². The summed E-state index contributed by atoms with van der Waals surface area (Å²) in [5.74, 6) is -0.0702. The molecular weight excluding hydrogens is 491 g/mol. The maximum absolute atomic E-state index is 14.9. The van der Waals surface area contributed by atoms with Crippen LogP contribution in [0.25, 0.3) is 16.6 Å². The lowest BCUT2D eigenvalue weighted by atomic mass is 10.0. The molecule has 0 aliphatic carbocycles. The Kier molecular flexibility index (Phi) is 7.72. The van der Waals surface area contributed by atoms with Crippen molar-refractivity contribution >= 4 is 40.2 Å². The van der Waals surface area contributed by atoms with E-state index in [0.29, 0.717) is 35.5 Å². The summed E-state index contributed by atoms with van der Waals surface area (Å²) in [6.07, 6.45) is 11.1. The molecule has 0 unspecified atom stereocenters. The number of fused-ring (bicyclic) bond motifs is 1. The first-order valence-corrected chi connectivity index (χ1v) is 12.6. The van der Waals surface area contributed by atoms with Gasteiger partial charge in [0.2, 0.25) is 5.95 Å². The van der Waals surface area contributed by atoms with E-state index in [4.69, 9.17) is 22.3 Å². The second-order valence-corrected chi connectivity index (χ2v) is 9.37. The average Bonchev–Trinajstić information content (AvgIpc) is 3.33. The van der Waals surface area contributed by atoms with E-state index in [0.717, 1.165) is 59.2 Å². The van der Waals surface area contributed by atoms with Crippen molar-refractivity contribution in [3.63, 3.8) is 0 Å². The first-order valence-electron chi connectivity index (χ1n) is 12.2. The molecule has 5 N–H and O–H groups in total. The molecule has 1 fully saturated rings. The summed E-state index contributed by atoms with van der Waals surface area (Å²) in [7, 11) is 0. The molecule has 0 spiro atoms. The van der Waals surface area contributed by atoms with E-state index in [9.17, 15) is 4.39 Å². The number of aromatic amines is 1. The summed E-state index contributed by atoms with van der Waals surface area (Å²) in [6, 6.07) is 9.40. The molecule has 1 aliphatic heterocycles. The molecule has 0 radical (unpaired) electrons. The van der Waals surface area contributed by atoms with Gasteiger partial charge in [-0.05, 0) is 55.3 Å².